The van der Waals surface area contributed by atoms with Crippen LogP contribution in [0.4, 0.5) is 13.2 Å². The Bertz CT molecular complexity index is 253. The summed E-state index contributed by atoms with van der Waals surface area (Å²) in [4.78, 5) is 0. The van der Waals surface area contributed by atoms with Gasteiger partial charge in [0.25, 0.3) is 0 Å². The fourth-order valence-electron chi connectivity index (χ4n) is 1.74. The van der Waals surface area contributed by atoms with Gasteiger partial charge in [-0.15, -0.1) is 0 Å². The first-order valence-corrected chi connectivity index (χ1v) is 9.05. The summed E-state index contributed by atoms with van der Waals surface area (Å²) >= 11 is 0. The summed E-state index contributed by atoms with van der Waals surface area (Å²) < 4.78 is 46.1. The maximum Gasteiger partial charge on any atom is 0.192 e. The van der Waals surface area contributed by atoms with Crippen molar-refractivity contribution in [3.05, 3.63) is 0 Å². The van der Waals surface area contributed by atoms with Gasteiger partial charge in [-0.2, -0.15) is 0 Å². The minimum Gasteiger partial charge on any atom is -0.408 e. The fourth-order valence-corrected chi connectivity index (χ4v) is 3.07. The Morgan fingerprint density at radius 1 is 1.00 bits per heavy atom. The van der Waals surface area contributed by atoms with Crippen molar-refractivity contribution in [3.8, 4) is 0 Å². The normalized spacial score (nSPS) is 36.0. The summed E-state index contributed by atoms with van der Waals surface area (Å²) in [6, 6.07) is 0. The van der Waals surface area contributed by atoms with Gasteiger partial charge >= 0.3 is 0 Å². The molecule has 1 nitrogen and oxygen atoms in total. The molecule has 0 heterocycles. The molecule has 1 saturated carbocycles. The van der Waals surface area contributed by atoms with Gasteiger partial charge < -0.3 is 4.43 Å². The van der Waals surface area contributed by atoms with Gasteiger partial charge in [0.15, 0.2) is 8.32 Å². The summed E-state index contributed by atoms with van der Waals surface area (Å²) in [6.07, 6.45) is -5.98. The Morgan fingerprint density at radius 3 is 1.76 bits per heavy atom. The zero-order chi connectivity index (χ0) is 13.4. The van der Waals surface area contributed by atoms with Gasteiger partial charge in [-0.05, 0) is 18.1 Å². The second kappa shape index (κ2) is 4.92. The standard InChI is InChI=1S/C12H23F3OSi/c1-12(2,3)17(4,5)16-11-9(14)6-8(13)7-10(11)15/h8-11H,6-7H2,1-5H3. The zero-order valence-electron chi connectivity index (χ0n) is 11.3. The molecule has 0 bridgehead atoms. The van der Waals surface area contributed by atoms with Crippen LogP contribution >= 0.6 is 0 Å². The molecular formula is C12H23F3OSi. The smallest absolute Gasteiger partial charge is 0.192 e. The van der Waals surface area contributed by atoms with Gasteiger partial charge in [0.2, 0.25) is 0 Å². The summed E-state index contributed by atoms with van der Waals surface area (Å²) in [5, 5.41) is -0.0982. The molecule has 1 aliphatic carbocycles. The van der Waals surface area contributed by atoms with Crippen molar-refractivity contribution in [2.24, 2.45) is 0 Å². The number of hydrogen-bond donors (Lipinski definition) is 0. The first kappa shape index (κ1) is 15.0. The lowest BCUT2D eigenvalue weighted by atomic mass is 9.93. The van der Waals surface area contributed by atoms with Gasteiger partial charge in [0.05, 0.1) is 0 Å². The van der Waals surface area contributed by atoms with Crippen LogP contribution in [-0.2, 0) is 4.43 Å². The van der Waals surface area contributed by atoms with E-state index in [1.807, 2.05) is 33.9 Å². The molecule has 0 spiro atoms. The lowest BCUT2D eigenvalue weighted by molar-refractivity contribution is -0.0336. The van der Waals surface area contributed by atoms with Crippen LogP contribution in [0, 0.1) is 0 Å². The molecule has 0 N–H and O–H groups in total. The first-order valence-electron chi connectivity index (χ1n) is 6.14. The second-order valence-corrected chi connectivity index (χ2v) is 11.2. The molecule has 0 aromatic rings. The van der Waals surface area contributed by atoms with Crippen LogP contribution in [0.2, 0.25) is 18.1 Å². The van der Waals surface area contributed by atoms with E-state index < -0.39 is 32.9 Å². The maximum atomic E-state index is 13.7. The highest BCUT2D eigenvalue weighted by atomic mass is 28.4. The van der Waals surface area contributed by atoms with Gasteiger partial charge in [-0.25, -0.2) is 13.2 Å². The van der Waals surface area contributed by atoms with Gasteiger partial charge in [0.1, 0.15) is 24.6 Å². The molecule has 5 heteroatoms. The Balaban J connectivity index is 2.74. The zero-order valence-corrected chi connectivity index (χ0v) is 12.3. The van der Waals surface area contributed by atoms with Crippen molar-refractivity contribution in [2.75, 3.05) is 0 Å². The molecule has 1 aliphatic rings. The largest absolute Gasteiger partial charge is 0.408 e. The van der Waals surface area contributed by atoms with Crippen LogP contribution < -0.4 is 0 Å². The summed E-state index contributed by atoms with van der Waals surface area (Å²) in [7, 11) is -2.20. The van der Waals surface area contributed by atoms with E-state index in [2.05, 4.69) is 0 Å². The van der Waals surface area contributed by atoms with Gasteiger partial charge in [0, 0.05) is 12.8 Å². The molecule has 0 radical (unpaired) electrons. The predicted molar refractivity (Wildman–Crippen MR) is 66.0 cm³/mol. The molecule has 0 aliphatic heterocycles. The number of halogens is 3. The van der Waals surface area contributed by atoms with Crippen molar-refractivity contribution in [2.45, 2.75) is 76.4 Å². The average Bonchev–Trinajstić information content (AvgIpc) is 2.09. The molecular weight excluding hydrogens is 245 g/mol. The third-order valence-electron chi connectivity index (χ3n) is 3.91. The van der Waals surface area contributed by atoms with Crippen LogP contribution in [0.5, 0.6) is 0 Å². The van der Waals surface area contributed by atoms with Crippen LogP contribution in [0.3, 0.4) is 0 Å². The lowest BCUT2D eigenvalue weighted by Crippen LogP contribution is -2.52. The summed E-state index contributed by atoms with van der Waals surface area (Å²) in [5.41, 5.74) is 0. The molecule has 1 rings (SSSR count). The fraction of sp³-hybridized carbons (Fsp3) is 1.00. The van der Waals surface area contributed by atoms with E-state index in [1.165, 1.54) is 0 Å². The van der Waals surface area contributed by atoms with Crippen molar-refractivity contribution < 1.29 is 17.6 Å². The van der Waals surface area contributed by atoms with Crippen LogP contribution in [0.25, 0.3) is 0 Å². The quantitative estimate of drug-likeness (QED) is 0.682. The highest BCUT2D eigenvalue weighted by molar-refractivity contribution is 6.74. The molecule has 0 saturated heterocycles. The predicted octanol–water partition coefficient (Wildman–Crippen LogP) is 4.18. The maximum absolute atomic E-state index is 13.7. The minimum atomic E-state index is -2.20. The van der Waals surface area contributed by atoms with E-state index in [0.717, 1.165) is 0 Å². The molecule has 2 unspecified atom stereocenters. The number of hydrogen-bond acceptors (Lipinski definition) is 1. The lowest BCUT2D eigenvalue weighted by Gasteiger charge is -2.42. The van der Waals surface area contributed by atoms with E-state index >= 15 is 0 Å². The van der Waals surface area contributed by atoms with Gasteiger partial charge in [-0.1, -0.05) is 20.8 Å². The SMILES string of the molecule is CC(C)(C)[Si](C)(C)OC1C(F)CC(F)CC1F. The topological polar surface area (TPSA) is 9.23 Å². The van der Waals surface area contributed by atoms with E-state index in [-0.39, 0.29) is 17.9 Å². The van der Waals surface area contributed by atoms with Crippen LogP contribution in [0.15, 0.2) is 0 Å². The third-order valence-corrected chi connectivity index (χ3v) is 8.39. The van der Waals surface area contributed by atoms with E-state index in [4.69, 9.17) is 4.43 Å². The molecule has 2 atom stereocenters. The van der Waals surface area contributed by atoms with E-state index in [0.29, 0.717) is 0 Å². The molecule has 1 fully saturated rings. The average molecular weight is 268 g/mol. The number of rotatable bonds is 2. The summed E-state index contributed by atoms with van der Waals surface area (Å²) in [5.74, 6) is 0. The second-order valence-electron chi connectivity index (χ2n) is 6.44. The molecule has 0 aromatic heterocycles. The monoisotopic (exact) mass is 268 g/mol. The van der Waals surface area contributed by atoms with Crippen molar-refractivity contribution >= 4 is 8.32 Å². The molecule has 0 amide bonds. The third kappa shape index (κ3) is 3.47. The molecule has 102 valence electrons. The molecule has 0 aromatic carbocycles. The van der Waals surface area contributed by atoms with Crippen LogP contribution in [-0.4, -0.2) is 32.9 Å². The Hall–Kier alpha value is -0.0331. The van der Waals surface area contributed by atoms with Crippen molar-refractivity contribution in [1.29, 1.82) is 0 Å². The Kier molecular flexibility index (Phi) is 4.35. The Morgan fingerprint density at radius 2 is 1.41 bits per heavy atom. The highest BCUT2D eigenvalue weighted by Gasteiger charge is 2.46. The van der Waals surface area contributed by atoms with Crippen LogP contribution in [0.1, 0.15) is 33.6 Å². The van der Waals surface area contributed by atoms with E-state index in [1.54, 1.807) is 0 Å². The minimum absolute atomic E-state index is 0.0982. The van der Waals surface area contributed by atoms with Crippen molar-refractivity contribution in [1.82, 2.24) is 0 Å². The molecule has 17 heavy (non-hydrogen) atoms. The van der Waals surface area contributed by atoms with E-state index in [9.17, 15) is 13.2 Å². The summed E-state index contributed by atoms with van der Waals surface area (Å²) in [6.45, 7) is 9.95. The highest BCUT2D eigenvalue weighted by Crippen LogP contribution is 2.40. The Labute approximate surface area is 103 Å². The first-order chi connectivity index (χ1) is 7.54. The number of alkyl halides is 3. The van der Waals surface area contributed by atoms with Crippen molar-refractivity contribution in [3.63, 3.8) is 0 Å². The van der Waals surface area contributed by atoms with Gasteiger partial charge in [-0.3, -0.25) is 0 Å².